The number of hydrogen-bond acceptors (Lipinski definition) is 2. The van der Waals surface area contributed by atoms with Crippen molar-refractivity contribution in [3.8, 4) is 0 Å². The molecule has 0 bridgehead atoms. The van der Waals surface area contributed by atoms with E-state index in [4.69, 9.17) is 0 Å². The zero-order valence-corrected chi connectivity index (χ0v) is 13.4. The first-order valence-corrected chi connectivity index (χ1v) is 8.46. The predicted molar refractivity (Wildman–Crippen MR) is 87.4 cm³/mol. The zero-order valence-electron chi connectivity index (χ0n) is 13.4. The van der Waals surface area contributed by atoms with Crippen molar-refractivity contribution >= 4 is 12.0 Å². The summed E-state index contributed by atoms with van der Waals surface area (Å²) in [6.45, 7) is 2.50. The van der Waals surface area contributed by atoms with E-state index >= 15 is 0 Å². The average molecular weight is 316 g/mol. The molecule has 2 saturated heterocycles. The molecule has 0 atom stereocenters. The summed E-state index contributed by atoms with van der Waals surface area (Å²) in [6.07, 6.45) is 3.57. The van der Waals surface area contributed by atoms with Crippen molar-refractivity contribution < 1.29 is 14.7 Å². The topological polar surface area (TPSA) is 60.9 Å². The Morgan fingerprint density at radius 3 is 2.04 bits per heavy atom. The van der Waals surface area contributed by atoms with Gasteiger partial charge >= 0.3 is 6.09 Å². The van der Waals surface area contributed by atoms with Crippen molar-refractivity contribution in [2.45, 2.75) is 37.5 Å². The van der Waals surface area contributed by atoms with Crippen LogP contribution in [0.1, 0.15) is 37.7 Å². The number of piperidine rings is 2. The molecule has 1 N–H and O–H groups in total. The summed E-state index contributed by atoms with van der Waals surface area (Å²) in [5, 5.41) is 9.20. The van der Waals surface area contributed by atoms with Gasteiger partial charge in [-0.15, -0.1) is 0 Å². The van der Waals surface area contributed by atoms with Gasteiger partial charge in [-0.3, -0.25) is 4.79 Å². The molecule has 0 radical (unpaired) electrons. The van der Waals surface area contributed by atoms with Gasteiger partial charge in [0.25, 0.3) is 0 Å². The van der Waals surface area contributed by atoms with Gasteiger partial charge in [-0.05, 0) is 37.7 Å². The van der Waals surface area contributed by atoms with Crippen LogP contribution in [0.25, 0.3) is 0 Å². The lowest BCUT2D eigenvalue weighted by Gasteiger charge is -2.43. The van der Waals surface area contributed by atoms with Crippen LogP contribution in [0.3, 0.4) is 0 Å². The van der Waals surface area contributed by atoms with Gasteiger partial charge in [0, 0.05) is 26.2 Å². The monoisotopic (exact) mass is 316 g/mol. The number of carbonyl (C=O) groups excluding carboxylic acids is 1. The Labute approximate surface area is 136 Å². The molecule has 2 amide bonds. The molecule has 5 nitrogen and oxygen atoms in total. The normalized spacial score (nSPS) is 21.0. The fourth-order valence-electron chi connectivity index (χ4n) is 3.86. The van der Waals surface area contributed by atoms with Gasteiger partial charge in [-0.1, -0.05) is 30.3 Å². The molecular formula is C18H24N2O3. The highest BCUT2D eigenvalue weighted by molar-refractivity contribution is 5.89. The summed E-state index contributed by atoms with van der Waals surface area (Å²) >= 11 is 0. The first-order chi connectivity index (χ1) is 11.1. The van der Waals surface area contributed by atoms with Crippen LogP contribution < -0.4 is 0 Å². The lowest BCUT2D eigenvalue weighted by Crippen LogP contribution is -2.54. The molecule has 5 heteroatoms. The van der Waals surface area contributed by atoms with E-state index in [-0.39, 0.29) is 5.91 Å². The second-order valence-corrected chi connectivity index (χ2v) is 6.57. The molecule has 0 aromatic heterocycles. The zero-order chi connectivity index (χ0) is 16.3. The molecule has 2 fully saturated rings. The van der Waals surface area contributed by atoms with E-state index in [1.54, 1.807) is 0 Å². The molecule has 2 aliphatic heterocycles. The summed E-state index contributed by atoms with van der Waals surface area (Å²) in [4.78, 5) is 27.9. The SMILES string of the molecule is O=C(O)N1CCC(C(=O)N2CCCCC2)(c2ccccc2)CC1. The maximum absolute atomic E-state index is 13.3. The van der Waals surface area contributed by atoms with E-state index in [1.807, 2.05) is 35.2 Å². The van der Waals surface area contributed by atoms with Gasteiger partial charge in [-0.25, -0.2) is 4.79 Å². The number of likely N-dealkylation sites (tertiary alicyclic amines) is 2. The van der Waals surface area contributed by atoms with Gasteiger partial charge in [0.1, 0.15) is 0 Å². The molecule has 1 aromatic carbocycles. The minimum Gasteiger partial charge on any atom is -0.465 e. The Hall–Kier alpha value is -2.04. The second kappa shape index (κ2) is 6.60. The number of amides is 2. The second-order valence-electron chi connectivity index (χ2n) is 6.57. The quantitative estimate of drug-likeness (QED) is 0.912. The maximum atomic E-state index is 13.3. The third-order valence-corrected chi connectivity index (χ3v) is 5.27. The highest BCUT2D eigenvalue weighted by Gasteiger charge is 2.45. The van der Waals surface area contributed by atoms with Crippen LogP contribution >= 0.6 is 0 Å². The lowest BCUT2D eigenvalue weighted by molar-refractivity contribution is -0.140. The standard InChI is InChI=1S/C18H24N2O3/c21-16(19-11-5-2-6-12-19)18(15-7-3-1-4-8-15)9-13-20(14-10-18)17(22)23/h1,3-4,7-8H,2,5-6,9-14H2,(H,22,23). The summed E-state index contributed by atoms with van der Waals surface area (Å²) < 4.78 is 0. The number of nitrogens with zero attached hydrogens (tertiary/aromatic N) is 2. The Bertz CT molecular complexity index is 559. The highest BCUT2D eigenvalue weighted by atomic mass is 16.4. The van der Waals surface area contributed by atoms with Crippen LogP contribution in [0.2, 0.25) is 0 Å². The minimum atomic E-state index is -0.892. The van der Waals surface area contributed by atoms with Crippen LogP contribution in [-0.4, -0.2) is 53.1 Å². The van der Waals surface area contributed by atoms with Gasteiger partial charge in [0.15, 0.2) is 0 Å². The molecule has 3 rings (SSSR count). The predicted octanol–water partition coefficient (Wildman–Crippen LogP) is 2.71. The number of carbonyl (C=O) groups is 2. The van der Waals surface area contributed by atoms with Crippen molar-refractivity contribution in [1.82, 2.24) is 9.80 Å². The first kappa shape index (κ1) is 15.8. The van der Waals surface area contributed by atoms with Gasteiger partial charge < -0.3 is 14.9 Å². The maximum Gasteiger partial charge on any atom is 0.407 e. The molecule has 0 unspecified atom stereocenters. The van der Waals surface area contributed by atoms with E-state index in [9.17, 15) is 14.7 Å². The summed E-state index contributed by atoms with van der Waals surface area (Å²) in [5.74, 6) is 0.188. The molecule has 2 aliphatic rings. The molecule has 0 spiro atoms. The number of carboxylic acid groups (broad SMARTS) is 1. The van der Waals surface area contributed by atoms with Crippen LogP contribution in [0.15, 0.2) is 30.3 Å². The Balaban J connectivity index is 1.88. The van der Waals surface area contributed by atoms with Crippen molar-refractivity contribution in [2.75, 3.05) is 26.2 Å². The van der Waals surface area contributed by atoms with Crippen LogP contribution in [0, 0.1) is 0 Å². The number of rotatable bonds is 2. The summed E-state index contributed by atoms with van der Waals surface area (Å²) in [5.41, 5.74) is 0.463. The van der Waals surface area contributed by atoms with Crippen LogP contribution in [-0.2, 0) is 10.2 Å². The molecule has 2 heterocycles. The summed E-state index contributed by atoms with van der Waals surface area (Å²) in [7, 11) is 0. The van der Waals surface area contributed by atoms with E-state index in [0.29, 0.717) is 25.9 Å². The fraction of sp³-hybridized carbons (Fsp3) is 0.556. The van der Waals surface area contributed by atoms with Crippen molar-refractivity contribution in [3.63, 3.8) is 0 Å². The minimum absolute atomic E-state index is 0.188. The molecule has 124 valence electrons. The fourth-order valence-corrected chi connectivity index (χ4v) is 3.86. The van der Waals surface area contributed by atoms with Gasteiger partial charge in [-0.2, -0.15) is 0 Å². The highest BCUT2D eigenvalue weighted by Crippen LogP contribution is 2.38. The van der Waals surface area contributed by atoms with Gasteiger partial charge in [0.2, 0.25) is 5.91 Å². The van der Waals surface area contributed by atoms with E-state index in [0.717, 1.165) is 31.5 Å². The van der Waals surface area contributed by atoms with Crippen LogP contribution in [0.5, 0.6) is 0 Å². The van der Waals surface area contributed by atoms with Crippen molar-refractivity contribution in [2.24, 2.45) is 0 Å². The first-order valence-electron chi connectivity index (χ1n) is 8.46. The summed E-state index contributed by atoms with van der Waals surface area (Å²) in [6, 6.07) is 9.90. The molecule has 1 aromatic rings. The lowest BCUT2D eigenvalue weighted by atomic mass is 9.71. The van der Waals surface area contributed by atoms with E-state index < -0.39 is 11.5 Å². The molecule has 23 heavy (non-hydrogen) atoms. The third kappa shape index (κ3) is 3.05. The third-order valence-electron chi connectivity index (χ3n) is 5.27. The Morgan fingerprint density at radius 1 is 0.870 bits per heavy atom. The van der Waals surface area contributed by atoms with Gasteiger partial charge in [0.05, 0.1) is 5.41 Å². The molecule has 0 aliphatic carbocycles. The van der Waals surface area contributed by atoms with Crippen molar-refractivity contribution in [3.05, 3.63) is 35.9 Å². The molecule has 0 saturated carbocycles. The Kier molecular flexibility index (Phi) is 4.55. The Morgan fingerprint density at radius 2 is 1.48 bits per heavy atom. The van der Waals surface area contributed by atoms with Crippen molar-refractivity contribution in [1.29, 1.82) is 0 Å². The van der Waals surface area contributed by atoms with E-state index in [1.165, 1.54) is 11.3 Å². The van der Waals surface area contributed by atoms with Crippen LogP contribution in [0.4, 0.5) is 4.79 Å². The number of hydrogen-bond donors (Lipinski definition) is 1. The smallest absolute Gasteiger partial charge is 0.407 e. The number of benzene rings is 1. The average Bonchev–Trinajstić information content (AvgIpc) is 2.62. The molecular weight excluding hydrogens is 292 g/mol. The van der Waals surface area contributed by atoms with E-state index in [2.05, 4.69) is 0 Å². The largest absolute Gasteiger partial charge is 0.465 e.